The SMILES string of the molecule is O=C(Nc1nccs1)C1CCN(C(=O)c2ccc(OCc3cccnc3)cc2)CC1. The van der Waals surface area contributed by atoms with E-state index in [0.29, 0.717) is 49.0 Å². The maximum absolute atomic E-state index is 12.8. The molecule has 0 aliphatic carbocycles. The first-order valence-corrected chi connectivity index (χ1v) is 10.7. The predicted molar refractivity (Wildman–Crippen MR) is 114 cm³/mol. The Kier molecular flexibility index (Phi) is 6.34. The summed E-state index contributed by atoms with van der Waals surface area (Å²) in [6.07, 6.45) is 6.44. The Labute approximate surface area is 178 Å². The van der Waals surface area contributed by atoms with Crippen LogP contribution in [0.15, 0.2) is 60.4 Å². The summed E-state index contributed by atoms with van der Waals surface area (Å²) in [6, 6.07) is 11.0. The van der Waals surface area contributed by atoms with Crippen LogP contribution in [0.4, 0.5) is 5.13 Å². The minimum atomic E-state index is -0.0961. The fourth-order valence-corrected chi connectivity index (χ4v) is 3.90. The summed E-state index contributed by atoms with van der Waals surface area (Å²) in [7, 11) is 0. The number of nitrogens with one attached hydrogen (secondary N) is 1. The fraction of sp³-hybridized carbons (Fsp3) is 0.273. The zero-order valence-electron chi connectivity index (χ0n) is 16.4. The van der Waals surface area contributed by atoms with Crippen molar-refractivity contribution in [2.75, 3.05) is 18.4 Å². The average Bonchev–Trinajstić information content (AvgIpc) is 3.31. The Balaban J connectivity index is 1.27. The van der Waals surface area contributed by atoms with Gasteiger partial charge in [-0.3, -0.25) is 14.6 Å². The number of hydrogen-bond donors (Lipinski definition) is 1. The van der Waals surface area contributed by atoms with E-state index in [1.54, 1.807) is 47.8 Å². The van der Waals surface area contributed by atoms with Crippen molar-refractivity contribution >= 4 is 28.3 Å². The summed E-state index contributed by atoms with van der Waals surface area (Å²) in [5.74, 6) is 0.564. The Morgan fingerprint density at radius 2 is 1.93 bits per heavy atom. The van der Waals surface area contributed by atoms with Gasteiger partial charge >= 0.3 is 0 Å². The van der Waals surface area contributed by atoms with Gasteiger partial charge in [-0.25, -0.2) is 4.98 Å². The van der Waals surface area contributed by atoms with Crippen molar-refractivity contribution in [1.82, 2.24) is 14.9 Å². The summed E-state index contributed by atoms with van der Waals surface area (Å²) >= 11 is 1.40. The van der Waals surface area contributed by atoms with E-state index in [9.17, 15) is 9.59 Å². The van der Waals surface area contributed by atoms with Crippen molar-refractivity contribution in [3.05, 3.63) is 71.5 Å². The summed E-state index contributed by atoms with van der Waals surface area (Å²) < 4.78 is 5.74. The molecule has 1 aromatic carbocycles. The van der Waals surface area contributed by atoms with Gasteiger partial charge in [0.1, 0.15) is 12.4 Å². The molecule has 1 N–H and O–H groups in total. The number of piperidine rings is 1. The van der Waals surface area contributed by atoms with Gasteiger partial charge in [-0.05, 0) is 43.2 Å². The molecule has 0 radical (unpaired) electrons. The molecule has 154 valence electrons. The van der Waals surface area contributed by atoms with E-state index in [4.69, 9.17) is 4.74 Å². The number of anilines is 1. The molecule has 1 aliphatic heterocycles. The van der Waals surface area contributed by atoms with Crippen molar-refractivity contribution in [2.24, 2.45) is 5.92 Å². The lowest BCUT2D eigenvalue weighted by Crippen LogP contribution is -2.41. The molecule has 3 aromatic rings. The van der Waals surface area contributed by atoms with Gasteiger partial charge in [0.2, 0.25) is 5.91 Å². The molecular formula is C22H22N4O3S. The Morgan fingerprint density at radius 1 is 1.13 bits per heavy atom. The highest BCUT2D eigenvalue weighted by Gasteiger charge is 2.28. The van der Waals surface area contributed by atoms with Crippen LogP contribution in [0.25, 0.3) is 0 Å². The van der Waals surface area contributed by atoms with Crippen LogP contribution in [0.3, 0.4) is 0 Å². The van der Waals surface area contributed by atoms with Crippen LogP contribution in [0.1, 0.15) is 28.8 Å². The van der Waals surface area contributed by atoms with E-state index in [2.05, 4.69) is 15.3 Å². The monoisotopic (exact) mass is 422 g/mol. The van der Waals surface area contributed by atoms with Gasteiger partial charge in [-0.2, -0.15) is 0 Å². The highest BCUT2D eigenvalue weighted by atomic mass is 32.1. The number of carbonyl (C=O) groups is 2. The Hall–Kier alpha value is -3.26. The van der Waals surface area contributed by atoms with Crippen LogP contribution in [-0.2, 0) is 11.4 Å². The second-order valence-electron chi connectivity index (χ2n) is 7.07. The van der Waals surface area contributed by atoms with Crippen molar-refractivity contribution in [3.63, 3.8) is 0 Å². The number of likely N-dealkylation sites (tertiary alicyclic amines) is 1. The zero-order chi connectivity index (χ0) is 20.8. The van der Waals surface area contributed by atoms with E-state index in [0.717, 1.165) is 5.56 Å². The van der Waals surface area contributed by atoms with Gasteiger partial charge < -0.3 is 15.0 Å². The highest BCUT2D eigenvalue weighted by Crippen LogP contribution is 2.22. The minimum Gasteiger partial charge on any atom is -0.489 e. The number of nitrogens with zero attached hydrogens (tertiary/aromatic N) is 3. The lowest BCUT2D eigenvalue weighted by molar-refractivity contribution is -0.121. The van der Waals surface area contributed by atoms with Crippen LogP contribution in [0, 0.1) is 5.92 Å². The second kappa shape index (κ2) is 9.49. The lowest BCUT2D eigenvalue weighted by atomic mass is 9.95. The van der Waals surface area contributed by atoms with Gasteiger partial charge in [-0.15, -0.1) is 11.3 Å². The maximum atomic E-state index is 12.8. The molecule has 2 aromatic heterocycles. The number of rotatable bonds is 6. The molecule has 3 heterocycles. The van der Waals surface area contributed by atoms with Crippen molar-refractivity contribution < 1.29 is 14.3 Å². The number of amides is 2. The first kappa shape index (κ1) is 20.0. The molecule has 1 aliphatic rings. The van der Waals surface area contributed by atoms with Gasteiger partial charge in [0.05, 0.1) is 0 Å². The quantitative estimate of drug-likeness (QED) is 0.656. The number of hydrogen-bond acceptors (Lipinski definition) is 6. The molecule has 2 amide bonds. The van der Waals surface area contributed by atoms with E-state index in [1.807, 2.05) is 17.5 Å². The number of pyridine rings is 1. The number of benzene rings is 1. The van der Waals surface area contributed by atoms with Gasteiger partial charge in [-0.1, -0.05) is 6.07 Å². The summed E-state index contributed by atoms with van der Waals surface area (Å²) in [4.78, 5) is 35.1. The summed E-state index contributed by atoms with van der Waals surface area (Å²) in [5, 5.41) is 5.29. The topological polar surface area (TPSA) is 84.4 Å². The van der Waals surface area contributed by atoms with Crippen LogP contribution in [0.2, 0.25) is 0 Å². The molecule has 0 unspecified atom stereocenters. The predicted octanol–water partition coefficient (Wildman–Crippen LogP) is 3.61. The normalized spacial score (nSPS) is 14.3. The third-order valence-corrected chi connectivity index (χ3v) is 5.73. The van der Waals surface area contributed by atoms with Crippen molar-refractivity contribution in [1.29, 1.82) is 0 Å². The molecule has 1 saturated heterocycles. The number of aromatic nitrogens is 2. The van der Waals surface area contributed by atoms with E-state index >= 15 is 0 Å². The first-order valence-electron chi connectivity index (χ1n) is 9.80. The van der Waals surface area contributed by atoms with E-state index in [-0.39, 0.29) is 17.7 Å². The third-order valence-electron chi connectivity index (χ3n) is 5.04. The van der Waals surface area contributed by atoms with Crippen LogP contribution in [0.5, 0.6) is 5.75 Å². The number of carbonyl (C=O) groups excluding carboxylic acids is 2. The van der Waals surface area contributed by atoms with Crippen LogP contribution in [-0.4, -0.2) is 39.8 Å². The molecule has 0 saturated carbocycles. The molecule has 0 atom stereocenters. The maximum Gasteiger partial charge on any atom is 0.253 e. The molecule has 7 nitrogen and oxygen atoms in total. The fourth-order valence-electron chi connectivity index (χ4n) is 3.36. The molecule has 30 heavy (non-hydrogen) atoms. The smallest absolute Gasteiger partial charge is 0.253 e. The highest BCUT2D eigenvalue weighted by molar-refractivity contribution is 7.13. The molecule has 0 spiro atoms. The molecular weight excluding hydrogens is 400 g/mol. The molecule has 8 heteroatoms. The molecule has 1 fully saturated rings. The molecule has 4 rings (SSSR count). The average molecular weight is 423 g/mol. The Morgan fingerprint density at radius 3 is 2.60 bits per heavy atom. The largest absolute Gasteiger partial charge is 0.489 e. The summed E-state index contributed by atoms with van der Waals surface area (Å²) in [6.45, 7) is 1.56. The second-order valence-corrected chi connectivity index (χ2v) is 7.96. The summed E-state index contributed by atoms with van der Waals surface area (Å²) in [5.41, 5.74) is 1.61. The number of ether oxygens (including phenoxy) is 1. The zero-order valence-corrected chi connectivity index (χ0v) is 17.2. The van der Waals surface area contributed by atoms with E-state index in [1.165, 1.54) is 11.3 Å². The minimum absolute atomic E-state index is 0.0207. The standard InChI is InChI=1S/C22H22N4O3S/c27-20(25-22-24-10-13-30-22)17-7-11-26(12-8-17)21(28)18-3-5-19(6-4-18)29-15-16-2-1-9-23-14-16/h1-6,9-10,13-14,17H,7-8,11-12,15H2,(H,24,25,27). The Bertz CT molecular complexity index is 969. The lowest BCUT2D eigenvalue weighted by Gasteiger charge is -2.31. The van der Waals surface area contributed by atoms with Gasteiger partial charge in [0, 0.05) is 54.1 Å². The number of thiazole rings is 1. The molecule has 0 bridgehead atoms. The van der Waals surface area contributed by atoms with Crippen molar-refractivity contribution in [3.8, 4) is 5.75 Å². The van der Waals surface area contributed by atoms with Crippen LogP contribution >= 0.6 is 11.3 Å². The van der Waals surface area contributed by atoms with Gasteiger partial charge in [0.15, 0.2) is 5.13 Å². The van der Waals surface area contributed by atoms with Gasteiger partial charge in [0.25, 0.3) is 5.91 Å². The van der Waals surface area contributed by atoms with Crippen LogP contribution < -0.4 is 10.1 Å². The van der Waals surface area contributed by atoms with E-state index < -0.39 is 0 Å². The third kappa shape index (κ3) is 5.01. The van der Waals surface area contributed by atoms with Crippen molar-refractivity contribution in [2.45, 2.75) is 19.4 Å². The first-order chi connectivity index (χ1) is 14.7.